The van der Waals surface area contributed by atoms with Crippen LogP contribution in [0.25, 0.3) is 0 Å². The van der Waals surface area contributed by atoms with Gasteiger partial charge in [-0.25, -0.2) is 9.59 Å². The first-order valence-electron chi connectivity index (χ1n) is 8.82. The van der Waals surface area contributed by atoms with Crippen molar-refractivity contribution in [3.8, 4) is 5.75 Å². The summed E-state index contributed by atoms with van der Waals surface area (Å²) in [6.07, 6.45) is 0.272. The van der Waals surface area contributed by atoms with E-state index in [4.69, 9.17) is 4.74 Å². The van der Waals surface area contributed by atoms with Crippen molar-refractivity contribution >= 4 is 18.0 Å². The minimum absolute atomic E-state index is 0.0482. The van der Waals surface area contributed by atoms with Crippen LogP contribution in [-0.4, -0.2) is 45.9 Å². The Kier molecular flexibility index (Phi) is 8.08. The zero-order chi connectivity index (χ0) is 20.6. The minimum Gasteiger partial charge on any atom is -0.508 e. The number of carbonyl (C=O) groups excluding carboxylic acids is 2. The summed E-state index contributed by atoms with van der Waals surface area (Å²) in [4.78, 5) is 36.0. The zero-order valence-electron chi connectivity index (χ0n) is 16.1. The molecular weight excluding hydrogens is 352 g/mol. The number of carbonyl (C=O) groups is 3. The number of aliphatic carboxylic acids is 1. The highest BCUT2D eigenvalue weighted by molar-refractivity contribution is 5.89. The maximum absolute atomic E-state index is 12.5. The molecule has 8 heteroatoms. The number of carboxylic acid groups (broad SMARTS) is 1. The molecule has 2 atom stereocenters. The van der Waals surface area contributed by atoms with E-state index in [1.54, 1.807) is 32.9 Å². The first-order chi connectivity index (χ1) is 12.5. The Morgan fingerprint density at radius 2 is 1.67 bits per heavy atom. The summed E-state index contributed by atoms with van der Waals surface area (Å²) in [5.74, 6) is -1.71. The number of hydrogen-bond acceptors (Lipinski definition) is 5. The van der Waals surface area contributed by atoms with Crippen LogP contribution in [-0.2, 0) is 20.7 Å². The smallest absolute Gasteiger partial charge is 0.408 e. The highest BCUT2D eigenvalue weighted by atomic mass is 16.6. The van der Waals surface area contributed by atoms with Gasteiger partial charge in [0.15, 0.2) is 0 Å². The predicted octanol–water partition coefficient (Wildman–Crippen LogP) is 2.20. The first-order valence-corrected chi connectivity index (χ1v) is 8.82. The third-order valence-corrected chi connectivity index (χ3v) is 3.58. The predicted molar refractivity (Wildman–Crippen MR) is 99.4 cm³/mol. The van der Waals surface area contributed by atoms with Gasteiger partial charge in [0.1, 0.15) is 23.4 Å². The largest absolute Gasteiger partial charge is 0.508 e. The van der Waals surface area contributed by atoms with Crippen LogP contribution in [0.15, 0.2) is 24.3 Å². The standard InChI is InChI=1S/C19H28N2O6/c1-5-6-14(21-18(26)27-19(2,3)4)16(23)20-15(17(24)25)11-12-7-9-13(22)10-8-12/h7-10,14-15,22H,5-6,11H2,1-4H3,(H,20,23)(H,21,26)(H,24,25)/t14?,15-/m0/s1. The highest BCUT2D eigenvalue weighted by Gasteiger charge is 2.27. The van der Waals surface area contributed by atoms with Crippen molar-refractivity contribution in [3.05, 3.63) is 29.8 Å². The van der Waals surface area contributed by atoms with E-state index >= 15 is 0 Å². The first kappa shape index (κ1) is 22.3. The fourth-order valence-corrected chi connectivity index (χ4v) is 2.35. The van der Waals surface area contributed by atoms with E-state index in [0.29, 0.717) is 18.4 Å². The van der Waals surface area contributed by atoms with E-state index in [2.05, 4.69) is 10.6 Å². The molecule has 0 aromatic heterocycles. The summed E-state index contributed by atoms with van der Waals surface area (Å²) in [6.45, 7) is 6.97. The quantitative estimate of drug-likeness (QED) is 0.548. The van der Waals surface area contributed by atoms with Crippen molar-refractivity contribution in [3.63, 3.8) is 0 Å². The Morgan fingerprint density at radius 3 is 2.15 bits per heavy atom. The Hall–Kier alpha value is -2.77. The molecule has 0 fully saturated rings. The molecule has 1 unspecified atom stereocenters. The number of amides is 2. The van der Waals surface area contributed by atoms with Gasteiger partial charge >= 0.3 is 12.1 Å². The monoisotopic (exact) mass is 380 g/mol. The summed E-state index contributed by atoms with van der Waals surface area (Å²) in [5.41, 5.74) is -0.0626. The second kappa shape index (κ2) is 9.80. The van der Waals surface area contributed by atoms with Gasteiger partial charge in [-0.05, 0) is 44.9 Å². The fraction of sp³-hybridized carbons (Fsp3) is 0.526. The number of nitrogens with one attached hydrogen (secondary N) is 2. The molecule has 2 amide bonds. The maximum atomic E-state index is 12.5. The average molecular weight is 380 g/mol. The SMILES string of the molecule is CCCC(NC(=O)OC(C)(C)C)C(=O)N[C@@H](Cc1ccc(O)cc1)C(=O)O. The van der Waals surface area contributed by atoms with E-state index in [1.165, 1.54) is 12.1 Å². The van der Waals surface area contributed by atoms with E-state index < -0.39 is 35.7 Å². The second-order valence-corrected chi connectivity index (χ2v) is 7.26. The molecular formula is C19H28N2O6. The number of phenols is 1. The van der Waals surface area contributed by atoms with E-state index in [-0.39, 0.29) is 12.2 Å². The molecule has 8 nitrogen and oxygen atoms in total. The Bertz CT molecular complexity index is 651. The maximum Gasteiger partial charge on any atom is 0.408 e. The molecule has 1 aromatic carbocycles. The van der Waals surface area contributed by atoms with Crippen LogP contribution in [0.5, 0.6) is 5.75 Å². The van der Waals surface area contributed by atoms with Crippen molar-refractivity contribution in [2.75, 3.05) is 0 Å². The van der Waals surface area contributed by atoms with Crippen molar-refractivity contribution < 1.29 is 29.3 Å². The third kappa shape index (κ3) is 8.44. The van der Waals surface area contributed by atoms with Crippen LogP contribution in [0, 0.1) is 0 Å². The lowest BCUT2D eigenvalue weighted by Gasteiger charge is -2.24. The molecule has 4 N–H and O–H groups in total. The lowest BCUT2D eigenvalue weighted by atomic mass is 10.0. The highest BCUT2D eigenvalue weighted by Crippen LogP contribution is 2.12. The van der Waals surface area contributed by atoms with Crippen LogP contribution >= 0.6 is 0 Å². The molecule has 1 rings (SSSR count). The summed E-state index contributed by atoms with van der Waals surface area (Å²) in [6, 6.07) is 3.99. The summed E-state index contributed by atoms with van der Waals surface area (Å²) in [5, 5.41) is 23.7. The molecule has 0 aliphatic rings. The summed E-state index contributed by atoms with van der Waals surface area (Å²) < 4.78 is 5.15. The molecule has 0 radical (unpaired) electrons. The molecule has 27 heavy (non-hydrogen) atoms. The van der Waals surface area contributed by atoms with Gasteiger partial charge in [-0.1, -0.05) is 25.5 Å². The number of phenolic OH excluding ortho intramolecular Hbond substituents is 1. The van der Waals surface area contributed by atoms with Crippen LogP contribution < -0.4 is 10.6 Å². The number of benzene rings is 1. The van der Waals surface area contributed by atoms with Gasteiger partial charge in [0.2, 0.25) is 5.91 Å². The molecule has 0 bridgehead atoms. The van der Waals surface area contributed by atoms with Crippen LogP contribution in [0.1, 0.15) is 46.1 Å². The zero-order valence-corrected chi connectivity index (χ0v) is 16.1. The summed E-state index contributed by atoms with van der Waals surface area (Å²) >= 11 is 0. The lowest BCUT2D eigenvalue weighted by molar-refractivity contribution is -0.142. The Morgan fingerprint density at radius 1 is 1.07 bits per heavy atom. The van der Waals surface area contributed by atoms with Crippen molar-refractivity contribution in [1.82, 2.24) is 10.6 Å². The topological polar surface area (TPSA) is 125 Å². The van der Waals surface area contributed by atoms with Gasteiger partial charge in [-0.2, -0.15) is 0 Å². The molecule has 0 heterocycles. The van der Waals surface area contributed by atoms with Crippen LogP contribution in [0.2, 0.25) is 0 Å². The van der Waals surface area contributed by atoms with Crippen LogP contribution in [0.4, 0.5) is 4.79 Å². The van der Waals surface area contributed by atoms with Gasteiger partial charge < -0.3 is 25.6 Å². The number of carboxylic acids is 1. The fourth-order valence-electron chi connectivity index (χ4n) is 2.35. The van der Waals surface area contributed by atoms with E-state index in [1.807, 2.05) is 6.92 Å². The Balaban J connectivity index is 2.78. The average Bonchev–Trinajstić information content (AvgIpc) is 2.53. The van der Waals surface area contributed by atoms with Gasteiger partial charge in [0.05, 0.1) is 0 Å². The molecule has 0 aliphatic carbocycles. The van der Waals surface area contributed by atoms with Gasteiger partial charge in [0, 0.05) is 6.42 Å². The number of ether oxygens (including phenoxy) is 1. The molecule has 150 valence electrons. The van der Waals surface area contributed by atoms with E-state index in [0.717, 1.165) is 0 Å². The third-order valence-electron chi connectivity index (χ3n) is 3.58. The minimum atomic E-state index is -1.19. The molecule has 0 saturated carbocycles. The van der Waals surface area contributed by atoms with Gasteiger partial charge in [0.25, 0.3) is 0 Å². The second-order valence-electron chi connectivity index (χ2n) is 7.26. The number of rotatable bonds is 8. The van der Waals surface area contributed by atoms with Crippen molar-refractivity contribution in [2.45, 2.75) is 64.6 Å². The normalized spacial score (nSPS) is 13.3. The summed E-state index contributed by atoms with van der Waals surface area (Å²) in [7, 11) is 0. The van der Waals surface area contributed by atoms with Gasteiger partial charge in [-0.15, -0.1) is 0 Å². The number of alkyl carbamates (subject to hydrolysis) is 1. The number of hydrogen-bond donors (Lipinski definition) is 4. The molecule has 1 aromatic rings. The molecule has 0 spiro atoms. The molecule has 0 saturated heterocycles. The van der Waals surface area contributed by atoms with Crippen molar-refractivity contribution in [2.24, 2.45) is 0 Å². The lowest BCUT2D eigenvalue weighted by Crippen LogP contribution is -2.52. The molecule has 0 aliphatic heterocycles. The van der Waals surface area contributed by atoms with Crippen LogP contribution in [0.3, 0.4) is 0 Å². The van der Waals surface area contributed by atoms with E-state index in [9.17, 15) is 24.6 Å². The van der Waals surface area contributed by atoms with Gasteiger partial charge in [-0.3, -0.25) is 4.79 Å². The van der Waals surface area contributed by atoms with Crippen molar-refractivity contribution in [1.29, 1.82) is 0 Å². The number of aromatic hydroxyl groups is 1. The Labute approximate surface area is 158 Å².